The maximum Gasteiger partial charge on any atom is 0.170 e. The molecule has 66 valence electrons. The summed E-state index contributed by atoms with van der Waals surface area (Å²) >= 11 is 6.65. The quantitative estimate of drug-likeness (QED) is 0.733. The Morgan fingerprint density at radius 3 is 2.85 bits per heavy atom. The standard InChI is InChI=1S/C7H3ClFN3S/c8-7-6(11-13-12-7)4-1-2-10-3-5(4)9/h1-3H. The van der Waals surface area contributed by atoms with Crippen LogP contribution in [0, 0.1) is 5.82 Å². The van der Waals surface area contributed by atoms with E-state index in [1.807, 2.05) is 0 Å². The van der Waals surface area contributed by atoms with E-state index in [9.17, 15) is 4.39 Å². The lowest BCUT2D eigenvalue weighted by Gasteiger charge is -1.96. The molecule has 0 N–H and O–H groups in total. The van der Waals surface area contributed by atoms with Crippen LogP contribution >= 0.6 is 23.3 Å². The number of hydrogen-bond acceptors (Lipinski definition) is 4. The third-order valence-corrected chi connectivity index (χ3v) is 2.37. The summed E-state index contributed by atoms with van der Waals surface area (Å²) in [6.45, 7) is 0. The fourth-order valence-electron chi connectivity index (χ4n) is 0.906. The minimum Gasteiger partial charge on any atom is -0.262 e. The van der Waals surface area contributed by atoms with Gasteiger partial charge in [-0.1, -0.05) is 11.6 Å². The summed E-state index contributed by atoms with van der Waals surface area (Å²) in [5, 5.41) is 0.218. The average Bonchev–Trinajstić information content (AvgIpc) is 2.52. The van der Waals surface area contributed by atoms with Crippen molar-refractivity contribution in [2.45, 2.75) is 0 Å². The van der Waals surface area contributed by atoms with E-state index in [1.165, 1.54) is 12.3 Å². The molecule has 0 spiro atoms. The van der Waals surface area contributed by atoms with Gasteiger partial charge in [0.05, 0.1) is 17.9 Å². The average molecular weight is 216 g/mol. The highest BCUT2D eigenvalue weighted by Crippen LogP contribution is 2.26. The molecule has 0 atom stereocenters. The van der Waals surface area contributed by atoms with Crippen LogP contribution in [-0.4, -0.2) is 13.7 Å². The van der Waals surface area contributed by atoms with Gasteiger partial charge in [0.2, 0.25) is 0 Å². The second-order valence-electron chi connectivity index (χ2n) is 2.26. The van der Waals surface area contributed by atoms with Crippen LogP contribution in [0.3, 0.4) is 0 Å². The van der Waals surface area contributed by atoms with E-state index in [0.717, 1.165) is 17.9 Å². The van der Waals surface area contributed by atoms with Crippen LogP contribution in [0.4, 0.5) is 4.39 Å². The molecular weight excluding hydrogens is 213 g/mol. The molecule has 13 heavy (non-hydrogen) atoms. The zero-order valence-electron chi connectivity index (χ0n) is 6.24. The van der Waals surface area contributed by atoms with Gasteiger partial charge >= 0.3 is 0 Å². The van der Waals surface area contributed by atoms with E-state index < -0.39 is 5.82 Å². The first kappa shape index (κ1) is 8.52. The van der Waals surface area contributed by atoms with Crippen LogP contribution < -0.4 is 0 Å². The van der Waals surface area contributed by atoms with Crippen molar-refractivity contribution in [1.29, 1.82) is 0 Å². The van der Waals surface area contributed by atoms with E-state index in [1.54, 1.807) is 0 Å². The number of hydrogen-bond donors (Lipinski definition) is 0. The molecular formula is C7H3ClFN3S. The summed E-state index contributed by atoms with van der Waals surface area (Å²) in [4.78, 5) is 3.62. The summed E-state index contributed by atoms with van der Waals surface area (Å²) in [6, 6.07) is 1.51. The Balaban J connectivity index is 2.59. The van der Waals surface area contributed by atoms with Gasteiger partial charge in [0.1, 0.15) is 5.69 Å². The predicted octanol–water partition coefficient (Wildman–Crippen LogP) is 2.39. The van der Waals surface area contributed by atoms with Gasteiger partial charge in [-0.3, -0.25) is 4.98 Å². The summed E-state index contributed by atoms with van der Waals surface area (Å²) in [5.41, 5.74) is 0.695. The Morgan fingerprint density at radius 1 is 1.38 bits per heavy atom. The van der Waals surface area contributed by atoms with Crippen LogP contribution in [0.25, 0.3) is 11.3 Å². The smallest absolute Gasteiger partial charge is 0.170 e. The number of pyridine rings is 1. The molecule has 2 heterocycles. The Morgan fingerprint density at radius 2 is 2.23 bits per heavy atom. The summed E-state index contributed by atoms with van der Waals surface area (Å²) in [7, 11) is 0. The monoisotopic (exact) mass is 215 g/mol. The molecule has 0 fully saturated rings. The van der Waals surface area contributed by atoms with E-state index in [4.69, 9.17) is 11.6 Å². The van der Waals surface area contributed by atoms with Crippen molar-refractivity contribution in [3.05, 3.63) is 29.4 Å². The van der Waals surface area contributed by atoms with E-state index >= 15 is 0 Å². The van der Waals surface area contributed by atoms with Crippen molar-refractivity contribution in [3.63, 3.8) is 0 Å². The number of aromatic nitrogens is 3. The van der Waals surface area contributed by atoms with Crippen LogP contribution in [-0.2, 0) is 0 Å². The van der Waals surface area contributed by atoms with Gasteiger partial charge in [-0.25, -0.2) is 4.39 Å². The molecule has 2 rings (SSSR count). The van der Waals surface area contributed by atoms with Crippen molar-refractivity contribution >= 4 is 23.3 Å². The van der Waals surface area contributed by atoms with Gasteiger partial charge in [-0.15, -0.1) is 0 Å². The minimum atomic E-state index is -0.447. The molecule has 0 aliphatic rings. The molecule has 2 aromatic heterocycles. The third kappa shape index (κ3) is 1.52. The van der Waals surface area contributed by atoms with Crippen molar-refractivity contribution in [2.75, 3.05) is 0 Å². The molecule has 0 aromatic carbocycles. The van der Waals surface area contributed by atoms with Crippen LogP contribution in [0.5, 0.6) is 0 Å². The molecule has 0 saturated heterocycles. The molecule has 0 unspecified atom stereocenters. The highest BCUT2D eigenvalue weighted by Gasteiger charge is 2.11. The molecule has 0 bridgehead atoms. The van der Waals surface area contributed by atoms with Crippen molar-refractivity contribution in [2.24, 2.45) is 0 Å². The van der Waals surface area contributed by atoms with Crippen LogP contribution in [0.15, 0.2) is 18.5 Å². The minimum absolute atomic E-state index is 0.218. The molecule has 0 radical (unpaired) electrons. The molecule has 6 heteroatoms. The van der Waals surface area contributed by atoms with Gasteiger partial charge in [-0.2, -0.15) is 8.75 Å². The number of halogens is 2. The second-order valence-corrected chi connectivity index (χ2v) is 3.15. The Hall–Kier alpha value is -1.07. The lowest BCUT2D eigenvalue weighted by atomic mass is 10.2. The van der Waals surface area contributed by atoms with Crippen molar-refractivity contribution in [3.8, 4) is 11.3 Å². The SMILES string of the molecule is Fc1cnccc1-c1nsnc1Cl. The number of rotatable bonds is 1. The fraction of sp³-hybridized carbons (Fsp3) is 0. The molecule has 3 nitrogen and oxygen atoms in total. The van der Waals surface area contributed by atoms with Crippen molar-refractivity contribution in [1.82, 2.24) is 13.7 Å². The topological polar surface area (TPSA) is 38.7 Å². The number of nitrogens with zero attached hydrogens (tertiary/aromatic N) is 3. The molecule has 0 amide bonds. The summed E-state index contributed by atoms with van der Waals surface area (Å²) < 4.78 is 20.8. The Bertz CT molecular complexity index is 431. The first-order valence-electron chi connectivity index (χ1n) is 3.37. The first-order chi connectivity index (χ1) is 6.29. The Labute approximate surface area is 82.5 Å². The molecule has 0 aliphatic carbocycles. The lowest BCUT2D eigenvalue weighted by molar-refractivity contribution is 0.624. The van der Waals surface area contributed by atoms with Crippen molar-refractivity contribution < 1.29 is 4.39 Å². The Kier molecular flexibility index (Phi) is 2.20. The van der Waals surface area contributed by atoms with Gasteiger partial charge in [0.15, 0.2) is 11.0 Å². The van der Waals surface area contributed by atoms with Crippen LogP contribution in [0.1, 0.15) is 0 Å². The molecule has 2 aromatic rings. The van der Waals surface area contributed by atoms with E-state index in [2.05, 4.69) is 13.7 Å². The normalized spacial score (nSPS) is 10.3. The largest absolute Gasteiger partial charge is 0.262 e. The van der Waals surface area contributed by atoms with E-state index in [0.29, 0.717) is 11.3 Å². The second kappa shape index (κ2) is 3.35. The molecule has 0 aliphatic heterocycles. The van der Waals surface area contributed by atoms with Gasteiger partial charge < -0.3 is 0 Å². The maximum absolute atomic E-state index is 13.1. The maximum atomic E-state index is 13.1. The summed E-state index contributed by atoms with van der Waals surface area (Å²) in [6.07, 6.45) is 2.60. The zero-order chi connectivity index (χ0) is 9.26. The predicted molar refractivity (Wildman–Crippen MR) is 48.1 cm³/mol. The van der Waals surface area contributed by atoms with Gasteiger partial charge in [0.25, 0.3) is 0 Å². The van der Waals surface area contributed by atoms with Gasteiger partial charge in [-0.05, 0) is 6.07 Å². The zero-order valence-corrected chi connectivity index (χ0v) is 7.81. The highest BCUT2D eigenvalue weighted by molar-refractivity contribution is 6.99. The first-order valence-corrected chi connectivity index (χ1v) is 4.48. The van der Waals surface area contributed by atoms with Crippen LogP contribution in [0.2, 0.25) is 5.15 Å². The summed E-state index contributed by atoms with van der Waals surface area (Å²) in [5.74, 6) is -0.447. The lowest BCUT2D eigenvalue weighted by Crippen LogP contribution is -1.85. The van der Waals surface area contributed by atoms with Gasteiger partial charge in [0, 0.05) is 11.8 Å². The third-order valence-electron chi connectivity index (χ3n) is 1.48. The van der Waals surface area contributed by atoms with E-state index in [-0.39, 0.29) is 5.15 Å². The highest BCUT2D eigenvalue weighted by atomic mass is 35.5. The fourth-order valence-corrected chi connectivity index (χ4v) is 1.66. The molecule has 0 saturated carbocycles.